The Morgan fingerprint density at radius 2 is 1.83 bits per heavy atom. The molecule has 2 N–H and O–H groups in total. The quantitative estimate of drug-likeness (QED) is 0.666. The summed E-state index contributed by atoms with van der Waals surface area (Å²) in [7, 11) is 1.57. The van der Waals surface area contributed by atoms with Crippen LogP contribution in [-0.4, -0.2) is 40.9 Å². The summed E-state index contributed by atoms with van der Waals surface area (Å²) >= 11 is 0. The van der Waals surface area contributed by atoms with Crippen molar-refractivity contribution in [3.8, 4) is 11.3 Å². The van der Waals surface area contributed by atoms with Gasteiger partial charge in [0, 0.05) is 30.6 Å². The Bertz CT molecular complexity index is 1020. The lowest BCUT2D eigenvalue weighted by molar-refractivity contribution is 0.0959. The first-order valence-corrected chi connectivity index (χ1v) is 10.1. The van der Waals surface area contributed by atoms with Crippen LogP contribution < -0.4 is 5.32 Å². The lowest BCUT2D eigenvalue weighted by Crippen LogP contribution is -2.33. The van der Waals surface area contributed by atoms with E-state index in [1.54, 1.807) is 25.2 Å². The fourth-order valence-corrected chi connectivity index (χ4v) is 3.92. The maximum absolute atomic E-state index is 13.9. The molecule has 2 aromatic carbocycles. The van der Waals surface area contributed by atoms with Gasteiger partial charge in [-0.2, -0.15) is 0 Å². The second kappa shape index (κ2) is 8.75. The molecule has 2 heterocycles. The number of rotatable bonds is 5. The summed E-state index contributed by atoms with van der Waals surface area (Å²) in [5, 5.41) is 2.63. The molecule has 1 fully saturated rings. The third-order valence-corrected chi connectivity index (χ3v) is 5.62. The minimum absolute atomic E-state index is 0.176. The average molecular weight is 410 g/mol. The van der Waals surface area contributed by atoms with E-state index in [-0.39, 0.29) is 23.5 Å². The molecule has 1 aliphatic rings. The highest BCUT2D eigenvalue weighted by atomic mass is 19.1. The highest BCUT2D eigenvalue weighted by Crippen LogP contribution is 2.31. The summed E-state index contributed by atoms with van der Waals surface area (Å²) < 4.78 is 27.2. The highest BCUT2D eigenvalue weighted by Gasteiger charge is 2.26. The molecule has 0 unspecified atom stereocenters. The second-order valence-electron chi connectivity index (χ2n) is 7.57. The molecule has 0 radical (unpaired) electrons. The predicted octanol–water partition coefficient (Wildman–Crippen LogP) is 4.09. The smallest absolute Gasteiger partial charge is 0.269 e. The van der Waals surface area contributed by atoms with E-state index in [0.717, 1.165) is 31.8 Å². The fraction of sp³-hybridized carbons (Fsp3) is 0.304. The van der Waals surface area contributed by atoms with Gasteiger partial charge >= 0.3 is 0 Å². The van der Waals surface area contributed by atoms with Crippen LogP contribution in [0.3, 0.4) is 0 Å². The molecule has 5 nitrogen and oxygen atoms in total. The number of hydrogen-bond donors (Lipinski definition) is 2. The number of benzene rings is 2. The van der Waals surface area contributed by atoms with E-state index < -0.39 is 0 Å². The van der Waals surface area contributed by atoms with E-state index in [9.17, 15) is 13.6 Å². The van der Waals surface area contributed by atoms with Crippen LogP contribution in [0.4, 0.5) is 8.78 Å². The minimum Gasteiger partial charge on any atom is -0.354 e. The summed E-state index contributed by atoms with van der Waals surface area (Å²) in [4.78, 5) is 22.5. The van der Waals surface area contributed by atoms with E-state index in [4.69, 9.17) is 4.98 Å². The van der Waals surface area contributed by atoms with Gasteiger partial charge in [0.25, 0.3) is 5.91 Å². The van der Waals surface area contributed by atoms with Crippen LogP contribution in [0, 0.1) is 11.6 Å². The first kappa shape index (κ1) is 20.2. The number of nitrogens with zero attached hydrogens (tertiary/aromatic N) is 2. The van der Waals surface area contributed by atoms with Crippen molar-refractivity contribution in [1.29, 1.82) is 0 Å². The molecule has 0 aliphatic carbocycles. The van der Waals surface area contributed by atoms with Crippen LogP contribution in [0.2, 0.25) is 0 Å². The lowest BCUT2D eigenvalue weighted by atomic mass is 9.96. The molecule has 1 amide bonds. The molecule has 1 aliphatic heterocycles. The van der Waals surface area contributed by atoms with Gasteiger partial charge in [-0.15, -0.1) is 0 Å². The first-order chi connectivity index (χ1) is 14.5. The fourth-order valence-electron chi connectivity index (χ4n) is 3.92. The molecule has 156 valence electrons. The number of nitrogens with one attached hydrogen (secondary N) is 2. The molecule has 0 saturated carbocycles. The Labute approximate surface area is 174 Å². The molecule has 7 heteroatoms. The van der Waals surface area contributed by atoms with Crippen LogP contribution in [0.5, 0.6) is 0 Å². The largest absolute Gasteiger partial charge is 0.354 e. The standard InChI is InChI=1S/C23H24F2N4O/c1-26-23(30)21-20(15-6-8-18(24)9-7-15)27-22(28-21)16-10-12-29(13-11-16)14-17-4-2-3-5-19(17)25/h2-9,16H,10-14H2,1H3,(H,26,30)(H,27,28). The zero-order valence-electron chi connectivity index (χ0n) is 16.8. The second-order valence-corrected chi connectivity index (χ2v) is 7.57. The molecule has 1 aromatic heterocycles. The molecule has 1 saturated heterocycles. The number of H-pyrrole nitrogens is 1. The van der Waals surface area contributed by atoms with E-state index in [1.165, 1.54) is 18.2 Å². The molecule has 0 spiro atoms. The Morgan fingerprint density at radius 3 is 2.50 bits per heavy atom. The summed E-state index contributed by atoms with van der Waals surface area (Å²) in [5.74, 6) is 0.172. The Hall–Kier alpha value is -3.06. The van der Waals surface area contributed by atoms with Crippen LogP contribution in [-0.2, 0) is 6.54 Å². The molecule has 0 bridgehead atoms. The summed E-state index contributed by atoms with van der Waals surface area (Å²) in [6.45, 7) is 2.23. The Kier molecular flexibility index (Phi) is 5.90. The third kappa shape index (κ3) is 4.26. The van der Waals surface area contributed by atoms with Gasteiger partial charge in [-0.1, -0.05) is 18.2 Å². The lowest BCUT2D eigenvalue weighted by Gasteiger charge is -2.31. The third-order valence-electron chi connectivity index (χ3n) is 5.62. The Balaban J connectivity index is 1.50. The van der Waals surface area contributed by atoms with Crippen molar-refractivity contribution in [3.63, 3.8) is 0 Å². The van der Waals surface area contributed by atoms with Crippen molar-refractivity contribution in [1.82, 2.24) is 20.2 Å². The van der Waals surface area contributed by atoms with Crippen molar-refractivity contribution >= 4 is 5.91 Å². The number of aromatic nitrogens is 2. The van der Waals surface area contributed by atoms with Gasteiger partial charge in [0.1, 0.15) is 28.8 Å². The Morgan fingerprint density at radius 1 is 1.13 bits per heavy atom. The normalized spacial score (nSPS) is 15.3. The number of imidazole rings is 1. The molecule has 3 aromatic rings. The number of carbonyl (C=O) groups excluding carboxylic acids is 1. The van der Waals surface area contributed by atoms with Crippen molar-refractivity contribution in [3.05, 3.63) is 77.2 Å². The maximum atomic E-state index is 13.9. The highest BCUT2D eigenvalue weighted by molar-refractivity contribution is 5.98. The zero-order valence-corrected chi connectivity index (χ0v) is 16.8. The van der Waals surface area contributed by atoms with Gasteiger partial charge in [-0.3, -0.25) is 9.69 Å². The van der Waals surface area contributed by atoms with E-state index in [2.05, 4.69) is 15.2 Å². The van der Waals surface area contributed by atoms with Crippen molar-refractivity contribution in [2.75, 3.05) is 20.1 Å². The molecule has 4 rings (SSSR count). The monoisotopic (exact) mass is 410 g/mol. The molecular formula is C23H24F2N4O. The number of halogens is 2. The summed E-state index contributed by atoms with van der Waals surface area (Å²) in [6.07, 6.45) is 1.72. The first-order valence-electron chi connectivity index (χ1n) is 10.1. The van der Waals surface area contributed by atoms with E-state index in [0.29, 0.717) is 29.1 Å². The minimum atomic E-state index is -0.335. The molecule has 0 atom stereocenters. The van der Waals surface area contributed by atoms with Gasteiger partial charge in [-0.25, -0.2) is 13.8 Å². The van der Waals surface area contributed by atoms with Gasteiger partial charge in [0.05, 0.1) is 0 Å². The van der Waals surface area contributed by atoms with Gasteiger partial charge in [0.15, 0.2) is 0 Å². The van der Waals surface area contributed by atoms with Crippen LogP contribution >= 0.6 is 0 Å². The van der Waals surface area contributed by atoms with Crippen LogP contribution in [0.15, 0.2) is 48.5 Å². The number of amides is 1. The topological polar surface area (TPSA) is 61.0 Å². The number of aromatic amines is 1. The van der Waals surface area contributed by atoms with Crippen LogP contribution in [0.1, 0.15) is 40.6 Å². The maximum Gasteiger partial charge on any atom is 0.269 e. The SMILES string of the molecule is CNC(=O)c1[nH]c(C2CCN(Cc3ccccc3F)CC2)nc1-c1ccc(F)cc1. The van der Waals surface area contributed by atoms with E-state index in [1.807, 2.05) is 12.1 Å². The number of piperidine rings is 1. The van der Waals surface area contributed by atoms with Crippen molar-refractivity contribution in [2.45, 2.75) is 25.3 Å². The predicted molar refractivity (Wildman–Crippen MR) is 111 cm³/mol. The van der Waals surface area contributed by atoms with Gasteiger partial charge in [-0.05, 0) is 56.3 Å². The summed E-state index contributed by atoms with van der Waals surface area (Å²) in [6, 6.07) is 12.8. The van der Waals surface area contributed by atoms with Crippen molar-refractivity contribution < 1.29 is 13.6 Å². The van der Waals surface area contributed by atoms with Gasteiger partial charge in [0.2, 0.25) is 0 Å². The van der Waals surface area contributed by atoms with Gasteiger partial charge < -0.3 is 10.3 Å². The number of likely N-dealkylation sites (tertiary alicyclic amines) is 1. The average Bonchev–Trinajstić information content (AvgIpc) is 3.21. The number of carbonyl (C=O) groups is 1. The summed E-state index contributed by atoms with van der Waals surface area (Å²) in [5.41, 5.74) is 2.30. The van der Waals surface area contributed by atoms with Crippen molar-refractivity contribution in [2.24, 2.45) is 0 Å². The zero-order chi connectivity index (χ0) is 21.1. The van der Waals surface area contributed by atoms with Crippen LogP contribution in [0.25, 0.3) is 11.3 Å². The molecular weight excluding hydrogens is 386 g/mol. The van der Waals surface area contributed by atoms with E-state index >= 15 is 0 Å². The number of hydrogen-bond acceptors (Lipinski definition) is 3. The molecule has 30 heavy (non-hydrogen) atoms.